The third-order valence-corrected chi connectivity index (χ3v) is 8.50. The summed E-state index contributed by atoms with van der Waals surface area (Å²) in [5.74, 6) is -1.88. The fourth-order valence-corrected chi connectivity index (χ4v) is 6.80. The number of nitrogens with zero attached hydrogens (tertiary/aromatic N) is 3. The monoisotopic (exact) mass is 557 g/mol. The molecule has 8 nitrogen and oxygen atoms in total. The van der Waals surface area contributed by atoms with Crippen LogP contribution in [-0.2, 0) is 19.1 Å². The maximum atomic E-state index is 14.4. The fraction of sp³-hybridized carbons (Fsp3) is 0.567. The second-order valence-corrected chi connectivity index (χ2v) is 11.1. The van der Waals surface area contributed by atoms with E-state index in [9.17, 15) is 19.5 Å². The van der Waals surface area contributed by atoms with Crippen molar-refractivity contribution in [2.24, 2.45) is 11.8 Å². The highest BCUT2D eigenvalue weighted by molar-refractivity contribution is 6.30. The first kappa shape index (κ1) is 29.3. The summed E-state index contributed by atoms with van der Waals surface area (Å²) in [5, 5.41) is 9.81. The van der Waals surface area contributed by atoms with Gasteiger partial charge in [-0.1, -0.05) is 30.7 Å². The van der Waals surface area contributed by atoms with Gasteiger partial charge in [0.15, 0.2) is 0 Å². The van der Waals surface area contributed by atoms with E-state index >= 15 is 0 Å². The van der Waals surface area contributed by atoms with Crippen LogP contribution in [0, 0.1) is 11.8 Å². The van der Waals surface area contributed by atoms with Gasteiger partial charge in [-0.25, -0.2) is 0 Å². The van der Waals surface area contributed by atoms with Crippen molar-refractivity contribution in [3.05, 3.63) is 54.6 Å². The first-order chi connectivity index (χ1) is 18.8. The number of fused-ring (bicyclic) bond motifs is 1. The van der Waals surface area contributed by atoms with Crippen molar-refractivity contribution in [3.63, 3.8) is 0 Å². The van der Waals surface area contributed by atoms with Crippen LogP contribution in [0.3, 0.4) is 0 Å². The van der Waals surface area contributed by atoms with Crippen LogP contribution in [0.25, 0.3) is 0 Å². The number of aliphatic hydroxyl groups excluding tert-OH is 1. The Bertz CT molecular complexity index is 1080. The number of aliphatic hydroxyl groups is 1. The Morgan fingerprint density at radius 2 is 1.87 bits per heavy atom. The van der Waals surface area contributed by atoms with Crippen molar-refractivity contribution in [1.29, 1.82) is 0 Å². The number of amides is 3. The van der Waals surface area contributed by atoms with E-state index in [1.165, 1.54) is 0 Å². The van der Waals surface area contributed by atoms with Crippen LogP contribution in [0.4, 0.5) is 5.69 Å². The third-order valence-electron chi connectivity index (χ3n) is 8.25. The third kappa shape index (κ3) is 5.39. The molecule has 2 unspecified atom stereocenters. The highest BCUT2D eigenvalue weighted by Gasteiger charge is 2.74. The molecule has 1 spiro atoms. The topological polar surface area (TPSA) is 90.4 Å². The minimum absolute atomic E-state index is 0.0739. The quantitative estimate of drug-likeness (QED) is 0.277. The number of unbranched alkanes of at least 4 members (excludes halogenated alkanes) is 2. The molecule has 212 valence electrons. The molecule has 0 aromatic heterocycles. The average molecular weight is 558 g/mol. The van der Waals surface area contributed by atoms with Gasteiger partial charge < -0.3 is 24.5 Å². The molecule has 3 aliphatic rings. The maximum Gasteiger partial charge on any atom is 0.253 e. The summed E-state index contributed by atoms with van der Waals surface area (Å²) in [7, 11) is 0. The zero-order valence-electron chi connectivity index (χ0n) is 22.8. The molecular formula is C30H40ClN3O5. The fourth-order valence-electron chi connectivity index (χ4n) is 6.67. The molecular weight excluding hydrogens is 518 g/mol. The number of carbonyl (C=O) groups excluding carboxylic acids is 3. The Morgan fingerprint density at radius 3 is 2.51 bits per heavy atom. The minimum atomic E-state index is -1.06. The molecule has 5 atom stereocenters. The van der Waals surface area contributed by atoms with Gasteiger partial charge >= 0.3 is 0 Å². The number of hydrogen-bond donors (Lipinski definition) is 1. The smallest absolute Gasteiger partial charge is 0.253 e. The molecule has 0 radical (unpaired) electrons. The van der Waals surface area contributed by atoms with E-state index in [0.29, 0.717) is 56.0 Å². The number of benzene rings is 1. The molecule has 3 saturated heterocycles. The second kappa shape index (κ2) is 12.7. The molecule has 9 heteroatoms. The van der Waals surface area contributed by atoms with Gasteiger partial charge in [0.25, 0.3) is 5.91 Å². The minimum Gasteiger partial charge on any atom is -0.396 e. The lowest BCUT2D eigenvalue weighted by molar-refractivity contribution is -0.145. The van der Waals surface area contributed by atoms with E-state index in [2.05, 4.69) is 13.2 Å². The van der Waals surface area contributed by atoms with Gasteiger partial charge in [-0.15, -0.1) is 13.2 Å². The molecule has 1 aromatic rings. The highest BCUT2D eigenvalue weighted by atomic mass is 35.5. The van der Waals surface area contributed by atoms with Crippen LogP contribution in [0.1, 0.15) is 45.4 Å². The van der Waals surface area contributed by atoms with Crippen LogP contribution in [0.5, 0.6) is 0 Å². The molecule has 1 aromatic carbocycles. The van der Waals surface area contributed by atoms with E-state index in [0.717, 1.165) is 12.8 Å². The van der Waals surface area contributed by atoms with Crippen LogP contribution in [0.15, 0.2) is 49.6 Å². The maximum absolute atomic E-state index is 14.4. The summed E-state index contributed by atoms with van der Waals surface area (Å²) in [4.78, 5) is 47.5. The molecule has 1 N–H and O–H groups in total. The van der Waals surface area contributed by atoms with Crippen LogP contribution in [0.2, 0.25) is 5.02 Å². The van der Waals surface area contributed by atoms with Crippen molar-refractivity contribution in [3.8, 4) is 0 Å². The van der Waals surface area contributed by atoms with E-state index in [1.54, 1.807) is 51.1 Å². The first-order valence-electron chi connectivity index (χ1n) is 14.0. The average Bonchev–Trinajstić information content (AvgIpc) is 3.57. The zero-order chi connectivity index (χ0) is 28.2. The Hall–Kier alpha value is -2.68. The first-order valence-corrected chi connectivity index (χ1v) is 14.4. The van der Waals surface area contributed by atoms with Crippen molar-refractivity contribution >= 4 is 35.0 Å². The summed E-state index contributed by atoms with van der Waals surface area (Å²) in [6, 6.07) is 6.14. The number of halogens is 1. The zero-order valence-corrected chi connectivity index (χ0v) is 23.5. The van der Waals surface area contributed by atoms with Crippen LogP contribution < -0.4 is 4.90 Å². The van der Waals surface area contributed by atoms with E-state index in [-0.39, 0.29) is 30.9 Å². The normalized spacial score (nSPS) is 26.9. The molecule has 3 heterocycles. The highest BCUT2D eigenvalue weighted by Crippen LogP contribution is 2.59. The lowest BCUT2D eigenvalue weighted by Gasteiger charge is -2.37. The summed E-state index contributed by atoms with van der Waals surface area (Å²) in [5.41, 5.74) is -0.411. The standard InChI is InChI=1S/C30H40ClN3O5/c1-4-16-32(17-5-2)27(36)24-23-14-15-30(39-23)25(24)28(37)34(19-8-7-9-20-35)26(30)29(38)33(18-6-3)22-12-10-21(31)11-13-22/h4,6,10-13,23-26,35H,1,3,5,7-9,14-20H2,2H3/t23-,24+,25-,26?,30?/m0/s1. The predicted octanol–water partition coefficient (Wildman–Crippen LogP) is 3.82. The van der Waals surface area contributed by atoms with E-state index in [4.69, 9.17) is 16.3 Å². The van der Waals surface area contributed by atoms with Crippen molar-refractivity contribution < 1.29 is 24.2 Å². The molecule has 4 rings (SSSR count). The van der Waals surface area contributed by atoms with Crippen molar-refractivity contribution in [2.45, 2.75) is 63.2 Å². The molecule has 3 aliphatic heterocycles. The van der Waals surface area contributed by atoms with Gasteiger partial charge in [-0.2, -0.15) is 0 Å². The SMILES string of the molecule is C=CCN(CCC)C(=O)[C@@H]1[C@@H]2CCC3(O2)C(C(=O)N(CC=C)c2ccc(Cl)cc2)N(CCCCCO)C(=O)[C@H]13. The predicted molar refractivity (Wildman–Crippen MR) is 151 cm³/mol. The van der Waals surface area contributed by atoms with Gasteiger partial charge in [0.1, 0.15) is 11.6 Å². The van der Waals surface area contributed by atoms with E-state index < -0.39 is 29.6 Å². The molecule has 2 bridgehead atoms. The Morgan fingerprint density at radius 1 is 1.15 bits per heavy atom. The number of carbonyl (C=O) groups is 3. The largest absolute Gasteiger partial charge is 0.396 e. The molecule has 3 fully saturated rings. The second-order valence-electron chi connectivity index (χ2n) is 10.7. The summed E-state index contributed by atoms with van der Waals surface area (Å²) >= 11 is 6.11. The molecule has 3 amide bonds. The number of anilines is 1. The van der Waals surface area contributed by atoms with Gasteiger partial charge in [0.2, 0.25) is 11.8 Å². The van der Waals surface area contributed by atoms with Gasteiger partial charge in [0.05, 0.1) is 17.9 Å². The van der Waals surface area contributed by atoms with Crippen molar-refractivity contribution in [1.82, 2.24) is 9.80 Å². The Kier molecular flexibility index (Phi) is 9.51. The van der Waals surface area contributed by atoms with Gasteiger partial charge in [-0.3, -0.25) is 14.4 Å². The summed E-state index contributed by atoms with van der Waals surface area (Å²) in [6.45, 7) is 11.3. The summed E-state index contributed by atoms with van der Waals surface area (Å²) in [6.07, 6.45) is 6.90. The molecule has 0 saturated carbocycles. The Labute approximate surface area is 236 Å². The van der Waals surface area contributed by atoms with Crippen LogP contribution >= 0.6 is 11.6 Å². The number of hydrogen-bond acceptors (Lipinski definition) is 5. The number of likely N-dealkylation sites (tertiary alicyclic amines) is 1. The van der Waals surface area contributed by atoms with Gasteiger partial charge in [-0.05, 0) is 62.8 Å². The number of rotatable bonds is 14. The van der Waals surface area contributed by atoms with E-state index in [1.807, 2.05) is 6.92 Å². The number of ether oxygens (including phenoxy) is 1. The lowest BCUT2D eigenvalue weighted by Crippen LogP contribution is -2.56. The van der Waals surface area contributed by atoms with Gasteiger partial charge in [0, 0.05) is 43.5 Å². The summed E-state index contributed by atoms with van der Waals surface area (Å²) < 4.78 is 6.60. The molecule has 0 aliphatic carbocycles. The lowest BCUT2D eigenvalue weighted by atomic mass is 9.70. The van der Waals surface area contributed by atoms with Crippen molar-refractivity contribution in [2.75, 3.05) is 37.7 Å². The molecule has 39 heavy (non-hydrogen) atoms. The Balaban J connectivity index is 1.73. The van der Waals surface area contributed by atoms with Crippen LogP contribution in [-0.4, -0.2) is 83.2 Å².